The van der Waals surface area contributed by atoms with Crippen molar-refractivity contribution in [1.29, 1.82) is 0 Å². The van der Waals surface area contributed by atoms with E-state index in [2.05, 4.69) is 15.9 Å². The number of anilines is 2. The van der Waals surface area contributed by atoms with Gasteiger partial charge in [-0.25, -0.2) is 9.96 Å². The van der Waals surface area contributed by atoms with E-state index in [0.29, 0.717) is 28.1 Å². The number of nitrogens with zero attached hydrogens (tertiary/aromatic N) is 3. The first kappa shape index (κ1) is 26.4. The third-order valence-corrected chi connectivity index (χ3v) is 7.09. The minimum absolute atomic E-state index is 0.124. The summed E-state index contributed by atoms with van der Waals surface area (Å²) in [5.74, 6) is -1.52. The summed E-state index contributed by atoms with van der Waals surface area (Å²) in [6, 6.07) is 14.7. The molecule has 2 aliphatic heterocycles. The number of hydrogen-bond acceptors (Lipinski definition) is 9. The molecular weight excluding hydrogens is 574 g/mol. The van der Waals surface area contributed by atoms with Gasteiger partial charge < -0.3 is 14.6 Å². The average molecular weight is 598 g/mol. The lowest BCUT2D eigenvalue weighted by molar-refractivity contribution is -0.384. The second-order valence-corrected chi connectivity index (χ2v) is 9.68. The van der Waals surface area contributed by atoms with E-state index in [1.807, 2.05) is 6.92 Å². The van der Waals surface area contributed by atoms with Gasteiger partial charge in [0.2, 0.25) is 5.91 Å². The van der Waals surface area contributed by atoms with E-state index < -0.39 is 34.8 Å². The number of aromatic hydroxyl groups is 1. The smallest absolute Gasteiger partial charge is 0.271 e. The molecule has 2 fully saturated rings. The van der Waals surface area contributed by atoms with Crippen LogP contribution in [-0.4, -0.2) is 41.2 Å². The third-order valence-electron chi connectivity index (χ3n) is 6.49. The van der Waals surface area contributed by atoms with Gasteiger partial charge in [-0.3, -0.25) is 24.5 Å². The molecule has 0 bridgehead atoms. The summed E-state index contributed by atoms with van der Waals surface area (Å²) in [7, 11) is 0. The quantitative estimate of drug-likeness (QED) is 0.218. The van der Waals surface area contributed by atoms with E-state index >= 15 is 0 Å². The molecule has 0 unspecified atom stereocenters. The van der Waals surface area contributed by atoms with E-state index in [0.717, 1.165) is 4.90 Å². The lowest BCUT2D eigenvalue weighted by Gasteiger charge is -2.29. The summed E-state index contributed by atoms with van der Waals surface area (Å²) >= 11 is 3.34. The Balaban J connectivity index is 1.62. The number of nitro groups is 1. The van der Waals surface area contributed by atoms with Crippen LogP contribution in [0.4, 0.5) is 17.1 Å². The predicted octanol–water partition coefficient (Wildman–Crippen LogP) is 4.91. The Hall–Kier alpha value is -4.16. The summed E-state index contributed by atoms with van der Waals surface area (Å²) < 4.78 is 11.4. The maximum absolute atomic E-state index is 13.9. The SMILES string of the molecule is CCOc1cccc(N2C(=O)[C@H]3[C@@H](c4cc(Br)c(O)c(OCC)c4)N(c4cccc([N+](=O)[O-])c4)O[C@H]3C2=O)c1. The molecule has 0 spiro atoms. The van der Waals surface area contributed by atoms with Crippen molar-refractivity contribution in [3.05, 3.63) is 80.8 Å². The summed E-state index contributed by atoms with van der Waals surface area (Å²) in [5, 5.41) is 23.3. The van der Waals surface area contributed by atoms with Crippen molar-refractivity contribution in [2.45, 2.75) is 26.0 Å². The predicted molar refractivity (Wildman–Crippen MR) is 144 cm³/mol. The normalized spacial score (nSPS) is 20.3. The number of nitro benzene ring substituents is 1. The molecule has 2 heterocycles. The number of hydrogen-bond donors (Lipinski definition) is 1. The van der Waals surface area contributed by atoms with Gasteiger partial charge in [-0.2, -0.15) is 0 Å². The topological polar surface area (TPSA) is 132 Å². The van der Waals surface area contributed by atoms with Crippen LogP contribution < -0.4 is 19.4 Å². The van der Waals surface area contributed by atoms with Crippen LogP contribution in [0, 0.1) is 16.0 Å². The van der Waals surface area contributed by atoms with Gasteiger partial charge in [-0.15, -0.1) is 0 Å². The van der Waals surface area contributed by atoms with Gasteiger partial charge in [0.15, 0.2) is 17.6 Å². The van der Waals surface area contributed by atoms with E-state index in [1.165, 1.54) is 23.3 Å². The highest BCUT2D eigenvalue weighted by molar-refractivity contribution is 9.10. The highest BCUT2D eigenvalue weighted by atomic mass is 79.9. The van der Waals surface area contributed by atoms with Crippen molar-refractivity contribution in [2.24, 2.45) is 5.92 Å². The number of halogens is 1. The van der Waals surface area contributed by atoms with Crippen LogP contribution in [0.3, 0.4) is 0 Å². The monoisotopic (exact) mass is 597 g/mol. The Morgan fingerprint density at radius 2 is 1.72 bits per heavy atom. The Bertz CT molecular complexity index is 1460. The summed E-state index contributed by atoms with van der Waals surface area (Å²) in [6.07, 6.45) is -1.19. The summed E-state index contributed by atoms with van der Waals surface area (Å²) in [5.41, 5.74) is 0.946. The standard InChI is InChI=1S/C27H24BrN3O8/c1-3-37-19-10-6-7-16(14-19)29-26(33)22-23(15-11-20(28)24(32)21(12-15)38-4-2)30(39-25(22)27(29)34)17-8-5-9-18(13-17)31(35)36/h5-14,22-23,25,32H,3-4H2,1-2H3/t22-,23+,25+/m0/s1. The zero-order valence-electron chi connectivity index (χ0n) is 20.9. The summed E-state index contributed by atoms with van der Waals surface area (Å²) in [4.78, 5) is 45.6. The molecule has 3 atom stereocenters. The van der Waals surface area contributed by atoms with Crippen LogP contribution in [0.2, 0.25) is 0 Å². The second-order valence-electron chi connectivity index (χ2n) is 8.82. The Labute approximate surface area is 231 Å². The third kappa shape index (κ3) is 4.66. The number of fused-ring (bicyclic) bond motifs is 1. The zero-order valence-corrected chi connectivity index (χ0v) is 22.5. The van der Waals surface area contributed by atoms with Crippen molar-refractivity contribution in [3.8, 4) is 17.2 Å². The van der Waals surface area contributed by atoms with Crippen molar-refractivity contribution in [2.75, 3.05) is 23.2 Å². The Morgan fingerprint density at radius 1 is 1.00 bits per heavy atom. The fraction of sp³-hybridized carbons (Fsp3) is 0.259. The molecule has 0 aromatic heterocycles. The zero-order chi connectivity index (χ0) is 27.8. The number of benzene rings is 3. The van der Waals surface area contributed by atoms with Crippen LogP contribution >= 0.6 is 15.9 Å². The van der Waals surface area contributed by atoms with Gasteiger partial charge in [0, 0.05) is 18.2 Å². The lowest BCUT2D eigenvalue weighted by Crippen LogP contribution is -2.37. The first-order valence-electron chi connectivity index (χ1n) is 12.2. The first-order valence-corrected chi connectivity index (χ1v) is 13.0. The van der Waals surface area contributed by atoms with E-state index in [4.69, 9.17) is 14.3 Å². The Morgan fingerprint density at radius 3 is 2.44 bits per heavy atom. The number of imide groups is 1. The molecule has 2 aliphatic rings. The van der Waals surface area contributed by atoms with Crippen molar-refractivity contribution >= 4 is 44.8 Å². The highest BCUT2D eigenvalue weighted by Gasteiger charge is 2.60. The molecule has 0 radical (unpaired) electrons. The van der Waals surface area contributed by atoms with Crippen LogP contribution in [-0.2, 0) is 14.4 Å². The minimum atomic E-state index is -1.19. The first-order chi connectivity index (χ1) is 18.7. The Kier molecular flexibility index (Phi) is 7.15. The number of ether oxygens (including phenoxy) is 2. The number of amides is 2. The van der Waals surface area contributed by atoms with E-state index in [9.17, 15) is 24.8 Å². The number of phenols is 1. The molecule has 202 valence electrons. The van der Waals surface area contributed by atoms with Crippen molar-refractivity contribution in [1.82, 2.24) is 0 Å². The van der Waals surface area contributed by atoms with Gasteiger partial charge in [-0.05, 0) is 65.7 Å². The second kappa shape index (κ2) is 10.5. The number of rotatable bonds is 8. The molecule has 1 N–H and O–H groups in total. The lowest BCUT2D eigenvalue weighted by atomic mass is 9.90. The van der Waals surface area contributed by atoms with Gasteiger partial charge in [-0.1, -0.05) is 12.1 Å². The number of carbonyl (C=O) groups excluding carboxylic acids is 2. The van der Waals surface area contributed by atoms with Gasteiger partial charge in [0.05, 0.1) is 40.0 Å². The largest absolute Gasteiger partial charge is 0.503 e. The van der Waals surface area contributed by atoms with Gasteiger partial charge in [0.1, 0.15) is 11.7 Å². The minimum Gasteiger partial charge on any atom is -0.503 e. The summed E-state index contributed by atoms with van der Waals surface area (Å²) in [6.45, 7) is 4.28. The van der Waals surface area contributed by atoms with Crippen LogP contribution in [0.15, 0.2) is 65.1 Å². The number of hydroxylamine groups is 1. The van der Waals surface area contributed by atoms with Gasteiger partial charge in [0.25, 0.3) is 11.6 Å². The maximum atomic E-state index is 13.9. The van der Waals surface area contributed by atoms with E-state index in [-0.39, 0.29) is 29.5 Å². The molecule has 0 aliphatic carbocycles. The highest BCUT2D eigenvalue weighted by Crippen LogP contribution is 2.50. The van der Waals surface area contributed by atoms with Crippen LogP contribution in [0.5, 0.6) is 17.2 Å². The molecule has 0 saturated carbocycles. The van der Waals surface area contributed by atoms with E-state index in [1.54, 1.807) is 49.4 Å². The van der Waals surface area contributed by atoms with Crippen LogP contribution in [0.1, 0.15) is 25.5 Å². The molecule has 5 rings (SSSR count). The molecule has 2 amide bonds. The molecular formula is C27H24BrN3O8. The molecule has 2 saturated heterocycles. The van der Waals surface area contributed by atoms with Crippen molar-refractivity contribution < 1.29 is 33.9 Å². The molecule has 3 aromatic carbocycles. The van der Waals surface area contributed by atoms with Gasteiger partial charge >= 0.3 is 0 Å². The molecule has 39 heavy (non-hydrogen) atoms. The molecule has 11 nitrogen and oxygen atoms in total. The fourth-order valence-corrected chi connectivity index (χ4v) is 5.34. The number of non-ortho nitro benzene ring substituents is 1. The number of phenolic OH excluding ortho intramolecular Hbond substituents is 1. The maximum Gasteiger partial charge on any atom is 0.271 e. The fourth-order valence-electron chi connectivity index (χ4n) is 4.88. The average Bonchev–Trinajstić information content (AvgIpc) is 3.43. The van der Waals surface area contributed by atoms with Crippen LogP contribution in [0.25, 0.3) is 0 Å². The van der Waals surface area contributed by atoms with Crippen molar-refractivity contribution in [3.63, 3.8) is 0 Å². The number of carbonyl (C=O) groups is 2. The molecule has 3 aromatic rings. The molecule has 12 heteroatoms.